The van der Waals surface area contributed by atoms with Gasteiger partial charge >= 0.3 is 0 Å². The molecular weight excluding hydrogens is 252 g/mol. The lowest BCUT2D eigenvalue weighted by atomic mass is 10.2. The number of aromatic amines is 1. The monoisotopic (exact) mass is 264 g/mol. The van der Waals surface area contributed by atoms with Crippen molar-refractivity contribution in [1.29, 1.82) is 0 Å². The topological polar surface area (TPSA) is 20.7 Å². The van der Waals surface area contributed by atoms with Gasteiger partial charge in [0.25, 0.3) is 0 Å². The third kappa shape index (κ3) is 2.45. The van der Waals surface area contributed by atoms with Crippen molar-refractivity contribution in [3.63, 3.8) is 0 Å². The summed E-state index contributed by atoms with van der Waals surface area (Å²) in [6, 6.07) is 9.96. The maximum atomic E-state index is 5.97. The molecule has 1 aromatic heterocycles. The minimum absolute atomic E-state index is 0.706. The molecule has 0 amide bonds. The molecule has 1 saturated carbocycles. The third-order valence-electron chi connectivity index (χ3n) is 3.06. The van der Waals surface area contributed by atoms with E-state index < -0.39 is 0 Å². The van der Waals surface area contributed by atoms with Gasteiger partial charge in [-0.2, -0.15) is 0 Å². The zero-order valence-corrected chi connectivity index (χ0v) is 10.9. The minimum Gasteiger partial charge on any atom is -0.301 e. The van der Waals surface area contributed by atoms with Crippen LogP contribution in [0.15, 0.2) is 30.3 Å². The van der Waals surface area contributed by atoms with Crippen molar-refractivity contribution in [2.24, 2.45) is 0 Å². The Kier molecular flexibility index (Phi) is 2.81. The first-order valence-electron chi connectivity index (χ1n) is 5.76. The van der Waals surface area contributed by atoms with Gasteiger partial charge < -0.3 is 5.10 Å². The molecule has 2 aromatic rings. The molecule has 0 spiro atoms. The van der Waals surface area contributed by atoms with Gasteiger partial charge in [0.1, 0.15) is 4.64 Å². The van der Waals surface area contributed by atoms with E-state index in [1.54, 1.807) is 0 Å². The van der Waals surface area contributed by atoms with Crippen LogP contribution in [0.4, 0.5) is 0 Å². The van der Waals surface area contributed by atoms with E-state index in [0.29, 0.717) is 5.92 Å². The van der Waals surface area contributed by atoms with Gasteiger partial charge in [0.05, 0.1) is 6.54 Å². The quantitative estimate of drug-likeness (QED) is 0.827. The molecule has 1 fully saturated rings. The second-order valence-electron chi connectivity index (χ2n) is 4.54. The number of aromatic nitrogens is 2. The van der Waals surface area contributed by atoms with Crippen molar-refractivity contribution >= 4 is 23.8 Å². The lowest BCUT2D eigenvalue weighted by molar-refractivity contribution is 0.664. The molecule has 0 saturated heterocycles. The Morgan fingerprint density at radius 1 is 1.35 bits per heavy atom. The van der Waals surface area contributed by atoms with E-state index in [-0.39, 0.29) is 0 Å². The summed E-state index contributed by atoms with van der Waals surface area (Å²) in [7, 11) is 0. The number of benzene rings is 1. The molecule has 1 N–H and O–H groups in total. The van der Waals surface area contributed by atoms with E-state index in [9.17, 15) is 0 Å². The molecule has 4 heteroatoms. The number of hydrogen-bond acceptors (Lipinski definition) is 1. The van der Waals surface area contributed by atoms with E-state index in [1.807, 2.05) is 22.9 Å². The molecule has 0 bridgehead atoms. The van der Waals surface area contributed by atoms with Crippen LogP contribution in [0, 0.1) is 4.64 Å². The SMILES string of the molecule is S=c1cc(C2CC2)[nH]n1Cc1cccc(Cl)c1. The summed E-state index contributed by atoms with van der Waals surface area (Å²) in [6.45, 7) is 0.756. The highest BCUT2D eigenvalue weighted by molar-refractivity contribution is 7.71. The first-order valence-corrected chi connectivity index (χ1v) is 6.55. The molecule has 0 atom stereocenters. The highest BCUT2D eigenvalue weighted by Crippen LogP contribution is 2.39. The Hall–Kier alpha value is -1.06. The summed E-state index contributed by atoms with van der Waals surface area (Å²) in [4.78, 5) is 0. The van der Waals surface area contributed by atoms with Crippen LogP contribution in [-0.4, -0.2) is 9.78 Å². The average Bonchev–Trinajstić information content (AvgIpc) is 3.06. The zero-order valence-electron chi connectivity index (χ0n) is 9.32. The van der Waals surface area contributed by atoms with Crippen LogP contribution < -0.4 is 0 Å². The first-order chi connectivity index (χ1) is 8.22. The molecule has 17 heavy (non-hydrogen) atoms. The summed E-state index contributed by atoms with van der Waals surface area (Å²) in [5, 5.41) is 4.15. The van der Waals surface area contributed by atoms with Crippen LogP contribution >= 0.6 is 23.8 Å². The van der Waals surface area contributed by atoms with Crippen molar-refractivity contribution in [2.45, 2.75) is 25.3 Å². The molecule has 88 valence electrons. The standard InChI is InChI=1S/C13H13ClN2S/c14-11-3-1-2-9(6-11)8-16-13(17)7-12(15-16)10-4-5-10/h1-3,6-7,10,15H,4-5,8H2. The smallest absolute Gasteiger partial charge is 0.122 e. The molecule has 0 unspecified atom stereocenters. The Morgan fingerprint density at radius 2 is 2.18 bits per heavy atom. The molecule has 3 rings (SSSR count). The molecule has 1 heterocycles. The van der Waals surface area contributed by atoms with Gasteiger partial charge in [-0.3, -0.25) is 4.68 Å². The average molecular weight is 265 g/mol. The summed E-state index contributed by atoms with van der Waals surface area (Å²) in [6.07, 6.45) is 2.57. The number of nitrogens with one attached hydrogen (secondary N) is 1. The zero-order chi connectivity index (χ0) is 11.8. The van der Waals surface area contributed by atoms with E-state index >= 15 is 0 Å². The van der Waals surface area contributed by atoms with Gasteiger partial charge in [0.2, 0.25) is 0 Å². The number of rotatable bonds is 3. The van der Waals surface area contributed by atoms with Gasteiger partial charge in [-0.25, -0.2) is 0 Å². The van der Waals surface area contributed by atoms with Gasteiger partial charge in [-0.05, 0) is 36.6 Å². The van der Waals surface area contributed by atoms with E-state index in [1.165, 1.54) is 18.5 Å². The van der Waals surface area contributed by atoms with Crippen LogP contribution in [0.2, 0.25) is 5.02 Å². The maximum Gasteiger partial charge on any atom is 0.122 e. The highest BCUT2D eigenvalue weighted by Gasteiger charge is 2.25. The van der Waals surface area contributed by atoms with Crippen molar-refractivity contribution in [3.8, 4) is 0 Å². The first kappa shape index (κ1) is 11.1. The second-order valence-corrected chi connectivity index (χ2v) is 5.39. The van der Waals surface area contributed by atoms with Gasteiger partial charge in [0.15, 0.2) is 0 Å². The second kappa shape index (κ2) is 4.31. The fraction of sp³-hybridized carbons (Fsp3) is 0.308. The lowest BCUT2D eigenvalue weighted by Gasteiger charge is -2.04. The predicted octanol–water partition coefficient (Wildman–Crippen LogP) is 4.12. The fourth-order valence-electron chi connectivity index (χ4n) is 1.99. The van der Waals surface area contributed by atoms with E-state index in [2.05, 4.69) is 17.2 Å². The van der Waals surface area contributed by atoms with E-state index in [4.69, 9.17) is 23.8 Å². The summed E-state index contributed by atoms with van der Waals surface area (Å²) in [5.74, 6) is 0.706. The van der Waals surface area contributed by atoms with Crippen molar-refractivity contribution in [3.05, 3.63) is 51.3 Å². The summed E-state index contributed by atoms with van der Waals surface area (Å²) < 4.78 is 2.88. The normalized spacial score (nSPS) is 15.1. The van der Waals surface area contributed by atoms with Gasteiger partial charge in [-0.1, -0.05) is 36.0 Å². The molecule has 0 radical (unpaired) electrons. The summed E-state index contributed by atoms with van der Waals surface area (Å²) in [5.41, 5.74) is 2.44. The minimum atomic E-state index is 0.706. The predicted molar refractivity (Wildman–Crippen MR) is 72.1 cm³/mol. The lowest BCUT2D eigenvalue weighted by Crippen LogP contribution is -2.02. The van der Waals surface area contributed by atoms with Crippen LogP contribution in [0.25, 0.3) is 0 Å². The number of H-pyrrole nitrogens is 1. The molecule has 0 aliphatic heterocycles. The van der Waals surface area contributed by atoms with Crippen molar-refractivity contribution in [2.75, 3.05) is 0 Å². The van der Waals surface area contributed by atoms with Crippen LogP contribution in [-0.2, 0) is 6.54 Å². The fourth-order valence-corrected chi connectivity index (χ4v) is 2.44. The Labute approximate surface area is 110 Å². The van der Waals surface area contributed by atoms with E-state index in [0.717, 1.165) is 21.8 Å². The Morgan fingerprint density at radius 3 is 2.88 bits per heavy atom. The van der Waals surface area contributed by atoms with Crippen LogP contribution in [0.3, 0.4) is 0 Å². The molecular formula is C13H13ClN2S. The van der Waals surface area contributed by atoms with Gasteiger partial charge in [0, 0.05) is 16.6 Å². The van der Waals surface area contributed by atoms with Crippen LogP contribution in [0.5, 0.6) is 0 Å². The Bertz CT molecular complexity index is 595. The summed E-state index contributed by atoms with van der Waals surface area (Å²) >= 11 is 11.3. The van der Waals surface area contributed by atoms with Crippen molar-refractivity contribution in [1.82, 2.24) is 9.78 Å². The highest BCUT2D eigenvalue weighted by atomic mass is 35.5. The number of hydrogen-bond donors (Lipinski definition) is 1. The van der Waals surface area contributed by atoms with Crippen LogP contribution in [0.1, 0.15) is 30.0 Å². The van der Waals surface area contributed by atoms with Crippen molar-refractivity contribution < 1.29 is 0 Å². The molecule has 1 aliphatic carbocycles. The largest absolute Gasteiger partial charge is 0.301 e. The van der Waals surface area contributed by atoms with Gasteiger partial charge in [-0.15, -0.1) is 0 Å². The molecule has 2 nitrogen and oxygen atoms in total. The number of halogens is 1. The molecule has 1 aliphatic rings. The maximum absolute atomic E-state index is 5.97. The number of nitrogens with zero attached hydrogens (tertiary/aromatic N) is 1. The Balaban J connectivity index is 1.87. The third-order valence-corrected chi connectivity index (χ3v) is 3.63. The molecule has 1 aromatic carbocycles.